The van der Waals surface area contributed by atoms with E-state index < -0.39 is 23.7 Å². The molecule has 0 radical (unpaired) electrons. The predicted molar refractivity (Wildman–Crippen MR) is 275 cm³/mol. The van der Waals surface area contributed by atoms with Crippen LogP contribution in [0.1, 0.15) is 96.5 Å². The summed E-state index contributed by atoms with van der Waals surface area (Å²) in [5.74, 6) is 0.127. The van der Waals surface area contributed by atoms with Crippen LogP contribution >= 0.6 is 0 Å². The van der Waals surface area contributed by atoms with Crippen molar-refractivity contribution in [3.8, 4) is 22.3 Å². The highest BCUT2D eigenvalue weighted by atomic mass is 16.7. The first-order valence-electron chi connectivity index (χ1n) is 23.7. The van der Waals surface area contributed by atoms with Gasteiger partial charge in [-0.05, 0) is 136 Å². The van der Waals surface area contributed by atoms with Crippen LogP contribution < -0.4 is 5.46 Å². The summed E-state index contributed by atoms with van der Waals surface area (Å²) in [4.78, 5) is 0. The topological polar surface area (TPSA) is 18.5 Å². The van der Waals surface area contributed by atoms with Gasteiger partial charge in [0.25, 0.3) is 0 Å². The van der Waals surface area contributed by atoms with Gasteiger partial charge in [0.15, 0.2) is 0 Å². The lowest BCUT2D eigenvalue weighted by molar-refractivity contribution is 0.00578. The Morgan fingerprint density at radius 2 is 1.00 bits per heavy atom. The van der Waals surface area contributed by atoms with E-state index in [9.17, 15) is 0 Å². The van der Waals surface area contributed by atoms with Crippen molar-refractivity contribution in [1.29, 1.82) is 0 Å². The third-order valence-electron chi connectivity index (χ3n) is 15.0. The molecule has 1 fully saturated rings. The van der Waals surface area contributed by atoms with Crippen LogP contribution in [0.4, 0.5) is 0 Å². The lowest BCUT2D eigenvalue weighted by Crippen LogP contribution is -2.41. The quantitative estimate of drug-likeness (QED) is 0.135. The van der Waals surface area contributed by atoms with E-state index in [0.717, 1.165) is 24.7 Å². The van der Waals surface area contributed by atoms with Gasteiger partial charge >= 0.3 is 7.12 Å². The van der Waals surface area contributed by atoms with Gasteiger partial charge in [-0.2, -0.15) is 0 Å². The van der Waals surface area contributed by atoms with Gasteiger partial charge in [-0.1, -0.05) is 218 Å². The molecule has 11 rings (SSSR count). The van der Waals surface area contributed by atoms with Gasteiger partial charge in [-0.15, -0.1) is 0 Å². The fraction of sp³-hybridized carbons (Fsp3) is 0.175. The largest absolute Gasteiger partial charge is 0.494 e. The summed E-state index contributed by atoms with van der Waals surface area (Å²) in [7, 11) is -0.490. The van der Waals surface area contributed by atoms with Crippen molar-refractivity contribution in [3.05, 3.63) is 268 Å². The van der Waals surface area contributed by atoms with Crippen molar-refractivity contribution >= 4 is 23.7 Å². The normalized spacial score (nSPS) is 18.5. The zero-order valence-corrected chi connectivity index (χ0v) is 38.4. The van der Waals surface area contributed by atoms with Gasteiger partial charge in [0.1, 0.15) is 0 Å². The van der Waals surface area contributed by atoms with Gasteiger partial charge in [-0.3, -0.25) is 0 Å². The summed E-state index contributed by atoms with van der Waals surface area (Å²) >= 11 is 0. The summed E-state index contributed by atoms with van der Waals surface area (Å²) in [6.07, 6.45) is 7.61. The molecule has 0 bridgehead atoms. The molecule has 0 spiro atoms. The number of hydrogen-bond donors (Lipinski definition) is 0. The molecule has 2 nitrogen and oxygen atoms in total. The average molecular weight is 855 g/mol. The number of benzene rings is 8. The average Bonchev–Trinajstić information content (AvgIpc) is 3.53. The van der Waals surface area contributed by atoms with Crippen LogP contribution in [0.25, 0.3) is 33.4 Å². The third-order valence-corrected chi connectivity index (χ3v) is 15.0. The molecule has 2 atom stereocenters. The standard InChI is InChI=1S/C63H55BO2/c1-61(2)62(3,4)66-64(65-61)53-23-17-22-52(43-53)63(59-28-15-13-26-56(59)54-24-11-12-25-55(54)57-27-14-16-29-60(57)63)51-40-38-50(39-41-51)58(49-36-34-48(35-37-49)46-20-9-6-10-21-46)42-44-30-32-47(33-31-44)45-18-7-5-8-19-45/h5-11,13-24,26-41,43,58H,12,25,42H2,1-4H3. The molecule has 1 saturated heterocycles. The van der Waals surface area contributed by atoms with E-state index in [1.54, 1.807) is 0 Å². The molecule has 3 aliphatic rings. The molecule has 66 heavy (non-hydrogen) atoms. The van der Waals surface area contributed by atoms with Crippen molar-refractivity contribution in [1.82, 2.24) is 0 Å². The highest BCUT2D eigenvalue weighted by Gasteiger charge is 2.52. The van der Waals surface area contributed by atoms with Crippen molar-refractivity contribution in [2.45, 2.75) is 69.5 Å². The van der Waals surface area contributed by atoms with E-state index in [0.29, 0.717) is 0 Å². The van der Waals surface area contributed by atoms with Crippen molar-refractivity contribution < 1.29 is 9.31 Å². The van der Waals surface area contributed by atoms with Gasteiger partial charge in [0, 0.05) is 5.92 Å². The number of hydrogen-bond acceptors (Lipinski definition) is 2. The maximum absolute atomic E-state index is 6.73. The molecule has 0 saturated carbocycles. The van der Waals surface area contributed by atoms with Gasteiger partial charge in [0.2, 0.25) is 0 Å². The summed E-state index contributed by atoms with van der Waals surface area (Å²) in [5, 5.41) is 0. The molecule has 2 unspecified atom stereocenters. The summed E-state index contributed by atoms with van der Waals surface area (Å²) < 4.78 is 13.5. The first-order chi connectivity index (χ1) is 32.2. The lowest BCUT2D eigenvalue weighted by atomic mass is 9.62. The Balaban J connectivity index is 1.08. The van der Waals surface area contributed by atoms with E-state index >= 15 is 0 Å². The Bertz CT molecular complexity index is 3070. The molecule has 322 valence electrons. The Morgan fingerprint density at radius 3 is 1.62 bits per heavy atom. The Morgan fingerprint density at radius 1 is 0.485 bits per heavy atom. The summed E-state index contributed by atoms with van der Waals surface area (Å²) in [5.41, 5.74) is 18.6. The Labute approximate surface area is 391 Å². The SMILES string of the molecule is CC1(C)OB(c2cccc(C3(c4ccc(C(Cc5ccc(-c6ccccc6)cc5)c5ccc(-c6ccccc6)cc5)cc4)c4ccccc4C4=C(CCC=C4)c4ccccc43)c2)OC1(C)C. The molecule has 8 aromatic carbocycles. The molecule has 0 amide bonds. The second-order valence-electron chi connectivity index (χ2n) is 19.3. The maximum atomic E-state index is 6.73. The number of rotatable bonds is 9. The molecular formula is C63H55BO2. The van der Waals surface area contributed by atoms with E-state index in [2.05, 4.69) is 246 Å². The van der Waals surface area contributed by atoms with Crippen LogP contribution in [0, 0.1) is 0 Å². The highest BCUT2D eigenvalue weighted by molar-refractivity contribution is 6.62. The second-order valence-corrected chi connectivity index (χ2v) is 19.3. The van der Waals surface area contributed by atoms with Crippen molar-refractivity contribution in [3.63, 3.8) is 0 Å². The van der Waals surface area contributed by atoms with E-state index in [-0.39, 0.29) is 5.92 Å². The van der Waals surface area contributed by atoms with Crippen LogP contribution in [0.15, 0.2) is 218 Å². The first kappa shape index (κ1) is 41.9. The van der Waals surface area contributed by atoms with Crippen molar-refractivity contribution in [2.75, 3.05) is 0 Å². The third kappa shape index (κ3) is 7.32. The zero-order chi connectivity index (χ0) is 44.9. The molecule has 1 aliphatic heterocycles. The minimum atomic E-state index is -0.670. The first-order valence-corrected chi connectivity index (χ1v) is 23.7. The van der Waals surface area contributed by atoms with E-state index in [4.69, 9.17) is 9.31 Å². The molecular weight excluding hydrogens is 800 g/mol. The fourth-order valence-electron chi connectivity index (χ4n) is 10.8. The van der Waals surface area contributed by atoms with E-state index in [1.165, 1.54) is 83.5 Å². The van der Waals surface area contributed by atoms with Crippen LogP contribution in [0.5, 0.6) is 0 Å². The van der Waals surface area contributed by atoms with Crippen molar-refractivity contribution in [2.24, 2.45) is 0 Å². The smallest absolute Gasteiger partial charge is 0.399 e. The molecule has 1 heterocycles. The fourth-order valence-corrected chi connectivity index (χ4v) is 10.8. The molecule has 3 heteroatoms. The molecule has 0 N–H and O–H groups in total. The van der Waals surface area contributed by atoms with Crippen LogP contribution in [-0.4, -0.2) is 18.3 Å². The maximum Gasteiger partial charge on any atom is 0.494 e. The lowest BCUT2D eigenvalue weighted by Gasteiger charge is -2.39. The monoisotopic (exact) mass is 854 g/mol. The van der Waals surface area contributed by atoms with Gasteiger partial charge in [0.05, 0.1) is 16.6 Å². The van der Waals surface area contributed by atoms with Gasteiger partial charge < -0.3 is 9.31 Å². The molecule has 2 aliphatic carbocycles. The molecule has 8 aromatic rings. The van der Waals surface area contributed by atoms with Crippen LogP contribution in [0.2, 0.25) is 0 Å². The number of fused-ring (bicyclic) bond motifs is 4. The highest BCUT2D eigenvalue weighted by Crippen LogP contribution is 2.54. The van der Waals surface area contributed by atoms with Crippen LogP contribution in [-0.2, 0) is 21.1 Å². The van der Waals surface area contributed by atoms with Crippen LogP contribution in [0.3, 0.4) is 0 Å². The minimum absolute atomic E-state index is 0.127. The Hall–Kier alpha value is -6.78. The zero-order valence-electron chi connectivity index (χ0n) is 38.4. The Kier molecular flexibility index (Phi) is 10.7. The van der Waals surface area contributed by atoms with E-state index in [1.807, 2.05) is 0 Å². The van der Waals surface area contributed by atoms with Gasteiger partial charge in [-0.25, -0.2) is 0 Å². The molecule has 0 aromatic heterocycles. The predicted octanol–water partition coefficient (Wildman–Crippen LogP) is 14.7. The summed E-state index contributed by atoms with van der Waals surface area (Å²) in [6, 6.07) is 76.8. The second kappa shape index (κ2) is 16.9. The number of allylic oxidation sites excluding steroid dienone is 4. The minimum Gasteiger partial charge on any atom is -0.399 e. The summed E-state index contributed by atoms with van der Waals surface area (Å²) in [6.45, 7) is 8.52.